The second-order valence-corrected chi connectivity index (χ2v) is 3.09. The van der Waals surface area contributed by atoms with Gasteiger partial charge in [-0.3, -0.25) is 10.1 Å². The van der Waals surface area contributed by atoms with Gasteiger partial charge in [0.2, 0.25) is 5.75 Å². The van der Waals surface area contributed by atoms with Crippen LogP contribution in [0.2, 0.25) is 0 Å². The fourth-order valence-corrected chi connectivity index (χ4v) is 0.993. The molecule has 0 aliphatic carbocycles. The molecule has 0 N–H and O–H groups in total. The molecular weight excluding hydrogens is 210 g/mol. The molecule has 5 nitrogen and oxygen atoms in total. The van der Waals surface area contributed by atoms with Crippen molar-refractivity contribution in [2.75, 3.05) is 0 Å². The molecule has 0 radical (unpaired) electrons. The van der Waals surface area contributed by atoms with Crippen molar-refractivity contribution >= 4 is 11.7 Å². The maximum absolute atomic E-state index is 11.4. The number of nitrogens with zero attached hydrogens (tertiary/aromatic N) is 1. The van der Waals surface area contributed by atoms with Crippen LogP contribution in [0.1, 0.15) is 13.8 Å². The van der Waals surface area contributed by atoms with Crippen LogP contribution < -0.4 is 4.74 Å². The Bertz CT molecular complexity index is 451. The second-order valence-electron chi connectivity index (χ2n) is 3.09. The van der Waals surface area contributed by atoms with Crippen LogP contribution in [-0.4, -0.2) is 10.9 Å². The predicted octanol–water partition coefficient (Wildman–Crippen LogP) is 2.47. The van der Waals surface area contributed by atoms with Crippen molar-refractivity contribution in [2.24, 2.45) is 0 Å². The molecule has 1 rings (SSSR count). The molecule has 0 saturated carbocycles. The van der Waals surface area contributed by atoms with Crippen LogP contribution in [-0.2, 0) is 4.79 Å². The zero-order chi connectivity index (χ0) is 12.1. The fraction of sp³-hybridized carbons (Fsp3) is 0.182. The molecule has 1 aromatic rings. The number of rotatable bonds is 3. The molecule has 0 unspecified atom stereocenters. The number of allylic oxidation sites excluding steroid dienone is 1. The van der Waals surface area contributed by atoms with Gasteiger partial charge >= 0.3 is 11.7 Å². The van der Waals surface area contributed by atoms with Crippen LogP contribution in [0.5, 0.6) is 5.75 Å². The third-order valence-corrected chi connectivity index (χ3v) is 2.02. The molecule has 0 aliphatic rings. The maximum Gasteiger partial charge on any atom is 0.339 e. The smallest absolute Gasteiger partial charge is 0.339 e. The van der Waals surface area contributed by atoms with Crippen LogP contribution in [0.3, 0.4) is 0 Å². The monoisotopic (exact) mass is 221 g/mol. The molecule has 0 atom stereocenters. The van der Waals surface area contributed by atoms with Crippen molar-refractivity contribution in [2.45, 2.75) is 13.8 Å². The zero-order valence-electron chi connectivity index (χ0n) is 8.97. The Hall–Kier alpha value is -2.17. The summed E-state index contributed by atoms with van der Waals surface area (Å²) in [6.07, 6.45) is 1.58. The molecule has 0 bridgehead atoms. The van der Waals surface area contributed by atoms with E-state index in [4.69, 9.17) is 4.74 Å². The van der Waals surface area contributed by atoms with E-state index < -0.39 is 10.9 Å². The van der Waals surface area contributed by atoms with E-state index in [1.54, 1.807) is 26.0 Å². The number of hydrogen-bond acceptors (Lipinski definition) is 4. The lowest BCUT2D eigenvalue weighted by molar-refractivity contribution is -0.385. The normalized spacial score (nSPS) is 11.0. The van der Waals surface area contributed by atoms with Gasteiger partial charge in [-0.05, 0) is 19.9 Å². The summed E-state index contributed by atoms with van der Waals surface area (Å²) in [4.78, 5) is 21.5. The van der Waals surface area contributed by atoms with Crippen molar-refractivity contribution in [3.8, 4) is 5.75 Å². The van der Waals surface area contributed by atoms with Crippen LogP contribution in [0.15, 0.2) is 35.9 Å². The minimum absolute atomic E-state index is 0.0429. The Morgan fingerprint density at radius 1 is 1.44 bits per heavy atom. The van der Waals surface area contributed by atoms with Gasteiger partial charge in [0.1, 0.15) is 0 Å². The van der Waals surface area contributed by atoms with Gasteiger partial charge in [0, 0.05) is 11.6 Å². The lowest BCUT2D eigenvalue weighted by atomic mass is 10.3. The van der Waals surface area contributed by atoms with E-state index in [0.717, 1.165) is 0 Å². The molecule has 1 aromatic carbocycles. The summed E-state index contributed by atoms with van der Waals surface area (Å²) < 4.78 is 4.91. The topological polar surface area (TPSA) is 69.4 Å². The summed E-state index contributed by atoms with van der Waals surface area (Å²) >= 11 is 0. The molecule has 0 saturated heterocycles. The summed E-state index contributed by atoms with van der Waals surface area (Å²) in [6, 6.07) is 5.76. The molecule has 0 fully saturated rings. The van der Waals surface area contributed by atoms with Gasteiger partial charge < -0.3 is 4.74 Å². The minimum Gasteiger partial charge on any atom is -0.416 e. The van der Waals surface area contributed by atoms with Crippen molar-refractivity contribution in [3.05, 3.63) is 46.0 Å². The van der Waals surface area contributed by atoms with Crippen LogP contribution in [0, 0.1) is 10.1 Å². The van der Waals surface area contributed by atoms with E-state index in [9.17, 15) is 14.9 Å². The maximum atomic E-state index is 11.4. The molecule has 84 valence electrons. The number of para-hydroxylation sites is 2. The number of hydrogen-bond donors (Lipinski definition) is 0. The van der Waals surface area contributed by atoms with Crippen molar-refractivity contribution in [3.63, 3.8) is 0 Å². The van der Waals surface area contributed by atoms with Gasteiger partial charge in [-0.2, -0.15) is 0 Å². The van der Waals surface area contributed by atoms with Crippen LogP contribution in [0.25, 0.3) is 0 Å². The lowest BCUT2D eigenvalue weighted by Crippen LogP contribution is -2.10. The number of carbonyl (C=O) groups is 1. The Morgan fingerprint density at radius 3 is 2.62 bits per heavy atom. The third kappa shape index (κ3) is 2.66. The van der Waals surface area contributed by atoms with Gasteiger partial charge in [-0.1, -0.05) is 18.2 Å². The van der Waals surface area contributed by atoms with Crippen LogP contribution in [0.4, 0.5) is 5.69 Å². The quantitative estimate of drug-likeness (QED) is 0.258. The van der Waals surface area contributed by atoms with E-state index in [1.165, 1.54) is 18.2 Å². The zero-order valence-corrected chi connectivity index (χ0v) is 8.97. The molecule has 0 aromatic heterocycles. The van der Waals surface area contributed by atoms with E-state index in [0.29, 0.717) is 5.57 Å². The molecule has 16 heavy (non-hydrogen) atoms. The number of esters is 1. The largest absolute Gasteiger partial charge is 0.416 e. The van der Waals surface area contributed by atoms with E-state index in [1.807, 2.05) is 0 Å². The number of nitro groups is 1. The number of carbonyl (C=O) groups excluding carboxylic acids is 1. The van der Waals surface area contributed by atoms with Gasteiger partial charge in [-0.25, -0.2) is 4.79 Å². The highest BCUT2D eigenvalue weighted by molar-refractivity contribution is 5.89. The van der Waals surface area contributed by atoms with Crippen LogP contribution >= 0.6 is 0 Å². The van der Waals surface area contributed by atoms with Gasteiger partial charge in [-0.15, -0.1) is 0 Å². The predicted molar refractivity (Wildman–Crippen MR) is 58.2 cm³/mol. The fourth-order valence-electron chi connectivity index (χ4n) is 0.993. The second kappa shape index (κ2) is 5.06. The number of ether oxygens (including phenoxy) is 1. The average molecular weight is 221 g/mol. The molecular formula is C11H11NO4. The summed E-state index contributed by atoms with van der Waals surface area (Å²) in [5, 5.41) is 10.6. The van der Waals surface area contributed by atoms with E-state index in [2.05, 4.69) is 0 Å². The van der Waals surface area contributed by atoms with E-state index in [-0.39, 0.29) is 11.4 Å². The molecule has 0 aliphatic heterocycles. The molecule has 0 heterocycles. The number of benzene rings is 1. The van der Waals surface area contributed by atoms with E-state index >= 15 is 0 Å². The highest BCUT2D eigenvalue weighted by atomic mass is 16.6. The summed E-state index contributed by atoms with van der Waals surface area (Å²) in [5.41, 5.74) is 0.179. The van der Waals surface area contributed by atoms with Crippen molar-refractivity contribution < 1.29 is 14.5 Å². The first kappa shape index (κ1) is 11.9. The van der Waals surface area contributed by atoms with Crippen molar-refractivity contribution in [1.82, 2.24) is 0 Å². The van der Waals surface area contributed by atoms with Gasteiger partial charge in [0.05, 0.1) is 4.92 Å². The first-order valence-electron chi connectivity index (χ1n) is 4.64. The Morgan fingerprint density at radius 2 is 2.06 bits per heavy atom. The molecule has 0 spiro atoms. The summed E-state index contributed by atoms with van der Waals surface area (Å²) in [6.45, 7) is 3.27. The Labute approximate surface area is 92.5 Å². The van der Waals surface area contributed by atoms with Gasteiger partial charge in [0.15, 0.2) is 0 Å². The third-order valence-electron chi connectivity index (χ3n) is 2.02. The standard InChI is InChI=1S/C11H11NO4/c1-3-8(2)11(13)16-10-7-5-4-6-9(10)12(14)15/h3-7H,1-2H3. The summed E-state index contributed by atoms with van der Waals surface area (Å²) in [5.74, 6) is -0.629. The Balaban J connectivity index is 2.98. The molecule has 0 amide bonds. The van der Waals surface area contributed by atoms with Crippen molar-refractivity contribution in [1.29, 1.82) is 0 Å². The summed E-state index contributed by atoms with van der Waals surface area (Å²) in [7, 11) is 0. The SMILES string of the molecule is CC=C(C)C(=O)Oc1ccccc1[N+](=O)[O-]. The highest BCUT2D eigenvalue weighted by Crippen LogP contribution is 2.26. The lowest BCUT2D eigenvalue weighted by Gasteiger charge is -2.04. The first-order valence-corrected chi connectivity index (χ1v) is 4.64. The number of nitro benzene ring substituents is 1. The highest BCUT2D eigenvalue weighted by Gasteiger charge is 2.17. The van der Waals surface area contributed by atoms with Gasteiger partial charge in [0.25, 0.3) is 0 Å². The first-order chi connectivity index (χ1) is 7.56. The average Bonchev–Trinajstić information content (AvgIpc) is 2.28. The minimum atomic E-state index is -0.590. The molecule has 5 heteroatoms. The Kier molecular flexibility index (Phi) is 3.77.